The average molecular weight is 620 g/mol. The Balaban J connectivity index is 2.05. The van der Waals surface area contributed by atoms with Gasteiger partial charge in [-0.1, -0.05) is 34.1 Å². The van der Waals surface area contributed by atoms with Crippen LogP contribution in [-0.4, -0.2) is 21.4 Å². The first-order valence-electron chi connectivity index (χ1n) is 8.28. The Labute approximate surface area is 202 Å². The summed E-state index contributed by atoms with van der Waals surface area (Å²) in [5, 5.41) is 4.05. The van der Waals surface area contributed by atoms with Crippen molar-refractivity contribution in [1.82, 2.24) is 9.58 Å². The number of anilines is 1. The molecule has 4 N–H and O–H groups in total. The van der Waals surface area contributed by atoms with Crippen LogP contribution < -0.4 is 16.1 Å². The molecule has 0 fully saturated rings. The lowest BCUT2D eigenvalue weighted by molar-refractivity contribution is -0.373. The summed E-state index contributed by atoms with van der Waals surface area (Å²) < 4.78 is 3.40. The quantitative estimate of drug-likeness (QED) is 0.241. The molecule has 0 radical (unpaired) electrons. The topological polar surface area (TPSA) is 94.5 Å². The number of hydrogen-bond acceptors (Lipinski definition) is 3. The fraction of sp³-hybridized carbons (Fsp3) is 0. The molecular weight excluding hydrogens is 605 g/mol. The number of hydrogen-bond donors (Lipinski definition) is 2. The predicted octanol–water partition coefficient (Wildman–Crippen LogP) is 4.94. The molecule has 3 rings (SSSR count). The largest absolute Gasteiger partial charge is 0.317 e. The summed E-state index contributed by atoms with van der Waals surface area (Å²) in [5.41, 5.74) is 0.721. The molecule has 154 valence electrons. The summed E-state index contributed by atoms with van der Waals surface area (Å²) in [7, 11) is 0. The molecule has 0 unspecified atom stereocenters. The van der Waals surface area contributed by atoms with Crippen molar-refractivity contribution >= 4 is 76.9 Å². The third-order valence-electron chi connectivity index (χ3n) is 4.00. The molecule has 7 nitrogen and oxygen atoms in total. The van der Waals surface area contributed by atoms with Gasteiger partial charge in [0.15, 0.2) is 5.69 Å². The van der Waals surface area contributed by atoms with E-state index in [1.54, 1.807) is 47.3 Å². The van der Waals surface area contributed by atoms with E-state index in [2.05, 4.69) is 64.7 Å². The molecule has 0 saturated heterocycles. The van der Waals surface area contributed by atoms with Crippen LogP contribution in [0.4, 0.5) is 5.69 Å². The smallest absolute Gasteiger partial charge is 0.303 e. The lowest BCUT2D eigenvalue weighted by Gasteiger charge is -2.16. The van der Waals surface area contributed by atoms with E-state index in [1.807, 2.05) is 0 Å². The molecule has 0 spiro atoms. The molecule has 3 aromatic rings. The van der Waals surface area contributed by atoms with Crippen molar-refractivity contribution in [2.24, 2.45) is 5.84 Å². The SMILES string of the molecule is C=CN(N)C(=O)c1cc(Br)cc(Br)c1NC(=O)c1cc(Br)cn1-c1[nH+]cccc1Cl. The Kier molecular flexibility index (Phi) is 7.14. The second-order valence-corrected chi connectivity index (χ2v) is 9.03. The van der Waals surface area contributed by atoms with Gasteiger partial charge in [0, 0.05) is 21.2 Å². The average Bonchev–Trinajstić information content (AvgIpc) is 3.10. The molecule has 0 aliphatic rings. The number of hydrazine groups is 1. The van der Waals surface area contributed by atoms with Crippen molar-refractivity contribution in [3.05, 3.63) is 85.2 Å². The normalized spacial score (nSPS) is 10.6. The number of aromatic nitrogens is 2. The third-order valence-corrected chi connectivity index (χ3v) is 5.82. The second kappa shape index (κ2) is 9.44. The minimum atomic E-state index is -0.543. The Morgan fingerprint density at radius 1 is 1.23 bits per heavy atom. The molecule has 0 saturated carbocycles. The lowest BCUT2D eigenvalue weighted by atomic mass is 10.1. The van der Waals surface area contributed by atoms with Gasteiger partial charge in [0.05, 0.1) is 21.9 Å². The number of nitrogens with zero attached hydrogens (tertiary/aromatic N) is 2. The van der Waals surface area contributed by atoms with Crippen LogP contribution in [-0.2, 0) is 0 Å². The van der Waals surface area contributed by atoms with Crippen molar-refractivity contribution in [3.63, 3.8) is 0 Å². The molecule has 0 atom stereocenters. The van der Waals surface area contributed by atoms with E-state index < -0.39 is 11.8 Å². The Morgan fingerprint density at radius 2 is 1.97 bits per heavy atom. The fourth-order valence-electron chi connectivity index (χ4n) is 2.65. The number of nitrogens with two attached hydrogens (primary N) is 1. The minimum Gasteiger partial charge on any atom is -0.317 e. The number of rotatable bonds is 5. The third kappa shape index (κ3) is 4.68. The molecule has 2 aromatic heterocycles. The van der Waals surface area contributed by atoms with Crippen LogP contribution in [0.5, 0.6) is 0 Å². The zero-order chi connectivity index (χ0) is 22.0. The Morgan fingerprint density at radius 3 is 2.63 bits per heavy atom. The van der Waals surface area contributed by atoms with E-state index in [4.69, 9.17) is 17.4 Å². The first-order chi connectivity index (χ1) is 14.2. The fourth-order valence-corrected chi connectivity index (χ4v) is 4.62. The van der Waals surface area contributed by atoms with E-state index in [0.29, 0.717) is 24.3 Å². The zero-order valence-electron chi connectivity index (χ0n) is 15.1. The van der Waals surface area contributed by atoms with Crippen LogP contribution >= 0.6 is 59.4 Å². The van der Waals surface area contributed by atoms with Gasteiger partial charge in [-0.2, -0.15) is 4.57 Å². The monoisotopic (exact) mass is 616 g/mol. The number of H-pyrrole nitrogens is 1. The standard InChI is InChI=1S/C19H13Br3ClN5O2/c1-2-28(24)19(30)12-6-10(20)7-13(22)16(12)26-18(29)15-8-11(21)9-27(15)17-14(23)4-3-5-25-17/h2-9H,1,24H2,(H,26,29)/p+1. The van der Waals surface area contributed by atoms with Gasteiger partial charge in [-0.25, -0.2) is 10.8 Å². The predicted molar refractivity (Wildman–Crippen MR) is 125 cm³/mol. The van der Waals surface area contributed by atoms with Crippen LogP contribution in [0.2, 0.25) is 5.02 Å². The van der Waals surface area contributed by atoms with Crippen LogP contribution in [0.1, 0.15) is 20.8 Å². The molecule has 2 heterocycles. The maximum Gasteiger partial charge on any atom is 0.303 e. The van der Waals surface area contributed by atoms with Gasteiger partial charge in [-0.05, 0) is 56.1 Å². The zero-order valence-corrected chi connectivity index (χ0v) is 20.6. The number of amides is 2. The summed E-state index contributed by atoms with van der Waals surface area (Å²) in [4.78, 5) is 28.8. The van der Waals surface area contributed by atoms with E-state index in [9.17, 15) is 9.59 Å². The molecule has 11 heteroatoms. The van der Waals surface area contributed by atoms with E-state index in [1.165, 1.54) is 6.20 Å². The van der Waals surface area contributed by atoms with E-state index >= 15 is 0 Å². The molecular formula is C19H14Br3ClN5O2+. The number of aromatic amines is 1. The summed E-state index contributed by atoms with van der Waals surface area (Å²) >= 11 is 16.4. The highest BCUT2D eigenvalue weighted by atomic mass is 79.9. The molecule has 0 aliphatic carbocycles. The molecule has 2 amide bonds. The number of pyridine rings is 1. The van der Waals surface area contributed by atoms with Gasteiger partial charge in [0.1, 0.15) is 11.2 Å². The highest BCUT2D eigenvalue weighted by molar-refractivity contribution is 9.11. The number of nitrogens with one attached hydrogen (secondary N) is 2. The number of halogens is 4. The first-order valence-corrected chi connectivity index (χ1v) is 11.0. The van der Waals surface area contributed by atoms with Crippen molar-refractivity contribution in [1.29, 1.82) is 0 Å². The van der Waals surface area contributed by atoms with Gasteiger partial charge < -0.3 is 5.32 Å². The number of benzene rings is 1. The molecule has 0 bridgehead atoms. The maximum atomic E-state index is 13.2. The van der Waals surface area contributed by atoms with Gasteiger partial charge in [-0.15, -0.1) is 0 Å². The van der Waals surface area contributed by atoms with Crippen LogP contribution in [0, 0.1) is 0 Å². The van der Waals surface area contributed by atoms with Crippen molar-refractivity contribution in [2.45, 2.75) is 0 Å². The van der Waals surface area contributed by atoms with Crippen molar-refractivity contribution in [2.75, 3.05) is 5.32 Å². The Hall–Kier alpha value is -1.98. The van der Waals surface area contributed by atoms with Gasteiger partial charge in [0.2, 0.25) is 0 Å². The first kappa shape index (κ1) is 22.7. The summed E-state index contributed by atoms with van der Waals surface area (Å²) in [5.74, 6) is 5.18. The molecule has 1 aromatic carbocycles. The highest BCUT2D eigenvalue weighted by Gasteiger charge is 2.26. The van der Waals surface area contributed by atoms with Crippen molar-refractivity contribution < 1.29 is 14.6 Å². The maximum absolute atomic E-state index is 13.2. The van der Waals surface area contributed by atoms with Gasteiger partial charge in [0.25, 0.3) is 11.8 Å². The summed E-state index contributed by atoms with van der Waals surface area (Å²) in [6.07, 6.45) is 4.58. The number of carbonyl (C=O) groups excluding carboxylic acids is 2. The minimum absolute atomic E-state index is 0.175. The lowest BCUT2D eigenvalue weighted by Crippen LogP contribution is -2.33. The summed E-state index contributed by atoms with van der Waals surface area (Å²) in [6, 6.07) is 8.36. The Bertz CT molecular complexity index is 1170. The second-order valence-electron chi connectivity index (χ2n) is 5.94. The van der Waals surface area contributed by atoms with Gasteiger partial charge >= 0.3 is 5.82 Å². The molecule has 30 heavy (non-hydrogen) atoms. The highest BCUT2D eigenvalue weighted by Crippen LogP contribution is 2.32. The summed E-state index contributed by atoms with van der Waals surface area (Å²) in [6.45, 7) is 3.49. The van der Waals surface area contributed by atoms with Crippen LogP contribution in [0.3, 0.4) is 0 Å². The number of carbonyl (C=O) groups is 2. The van der Waals surface area contributed by atoms with Crippen molar-refractivity contribution in [3.8, 4) is 5.82 Å². The van der Waals surface area contributed by atoms with E-state index in [-0.39, 0.29) is 16.9 Å². The van der Waals surface area contributed by atoms with Crippen LogP contribution in [0.15, 0.2) is 68.9 Å². The van der Waals surface area contributed by atoms with E-state index in [0.717, 1.165) is 5.01 Å². The molecule has 0 aliphatic heterocycles. The van der Waals surface area contributed by atoms with Crippen LogP contribution in [0.25, 0.3) is 5.82 Å². The van der Waals surface area contributed by atoms with Gasteiger partial charge in [-0.3, -0.25) is 14.6 Å².